The van der Waals surface area contributed by atoms with E-state index in [1.54, 1.807) is 12.4 Å². The molecule has 0 amide bonds. The van der Waals surface area contributed by atoms with Gasteiger partial charge in [-0.2, -0.15) is 0 Å². The van der Waals surface area contributed by atoms with Crippen LogP contribution in [0.15, 0.2) is 48.8 Å². The molecule has 0 spiro atoms. The Bertz CT molecular complexity index is 574. The van der Waals surface area contributed by atoms with E-state index in [1.807, 2.05) is 50.4 Å². The molecule has 1 heterocycles. The molecule has 2 aromatic rings. The number of rotatable bonds is 7. The van der Waals surface area contributed by atoms with Crippen LogP contribution in [-0.2, 0) is 0 Å². The molecule has 0 fully saturated rings. The van der Waals surface area contributed by atoms with Crippen LogP contribution in [0, 0.1) is 6.92 Å². The van der Waals surface area contributed by atoms with Crippen molar-refractivity contribution < 1.29 is 9.84 Å². The van der Waals surface area contributed by atoms with Crippen molar-refractivity contribution in [3.05, 3.63) is 59.9 Å². The summed E-state index contributed by atoms with van der Waals surface area (Å²) in [7, 11) is 2.00. The van der Waals surface area contributed by atoms with Gasteiger partial charge in [-0.1, -0.05) is 12.1 Å². The maximum absolute atomic E-state index is 10.2. The number of likely N-dealkylation sites (N-methyl/N-ethyl adjacent to an activating group) is 1. The van der Waals surface area contributed by atoms with Gasteiger partial charge >= 0.3 is 0 Å². The molecular weight excluding hydrogens is 276 g/mol. The van der Waals surface area contributed by atoms with E-state index in [0.29, 0.717) is 6.54 Å². The molecule has 0 saturated heterocycles. The normalized spacial score (nSPS) is 13.9. The lowest BCUT2D eigenvalue weighted by Crippen LogP contribution is -2.34. The summed E-state index contributed by atoms with van der Waals surface area (Å²) in [5.41, 5.74) is 2.33. The van der Waals surface area contributed by atoms with Crippen molar-refractivity contribution in [2.24, 2.45) is 0 Å². The predicted octanol–water partition coefficient (Wildman–Crippen LogP) is 2.82. The number of ether oxygens (including phenoxy) is 1. The Morgan fingerprint density at radius 3 is 2.64 bits per heavy atom. The standard InChI is InChI=1S/C18H24N2O2/c1-14-5-4-6-18(11-14)22-13-17(21)12-20(3)15(2)16-7-9-19-10-8-16/h4-11,15,17,21H,12-13H2,1-3H3. The first-order valence-electron chi connectivity index (χ1n) is 7.54. The van der Waals surface area contributed by atoms with Gasteiger partial charge in [0.15, 0.2) is 0 Å². The van der Waals surface area contributed by atoms with Crippen molar-refractivity contribution in [2.75, 3.05) is 20.2 Å². The van der Waals surface area contributed by atoms with Gasteiger partial charge in [0.25, 0.3) is 0 Å². The minimum absolute atomic E-state index is 0.219. The number of aliphatic hydroxyl groups is 1. The van der Waals surface area contributed by atoms with Crippen LogP contribution in [-0.4, -0.2) is 41.3 Å². The Kier molecular flexibility index (Phi) is 5.92. The number of aliphatic hydroxyl groups excluding tert-OH is 1. The van der Waals surface area contributed by atoms with Crippen LogP contribution < -0.4 is 4.74 Å². The van der Waals surface area contributed by atoms with Crippen molar-refractivity contribution >= 4 is 0 Å². The molecule has 2 atom stereocenters. The van der Waals surface area contributed by atoms with Gasteiger partial charge in [0, 0.05) is 25.0 Å². The second-order valence-corrected chi connectivity index (χ2v) is 5.68. The fourth-order valence-electron chi connectivity index (χ4n) is 2.34. The van der Waals surface area contributed by atoms with Crippen molar-refractivity contribution in [3.63, 3.8) is 0 Å². The molecule has 2 unspecified atom stereocenters. The quantitative estimate of drug-likeness (QED) is 0.854. The van der Waals surface area contributed by atoms with E-state index in [2.05, 4.69) is 16.8 Å². The molecule has 4 heteroatoms. The van der Waals surface area contributed by atoms with Gasteiger partial charge in [-0.15, -0.1) is 0 Å². The van der Waals surface area contributed by atoms with Gasteiger partial charge in [0.1, 0.15) is 18.5 Å². The lowest BCUT2D eigenvalue weighted by atomic mass is 10.1. The Balaban J connectivity index is 1.82. The zero-order valence-electron chi connectivity index (χ0n) is 13.4. The summed E-state index contributed by atoms with van der Waals surface area (Å²) in [6, 6.07) is 12.1. The Morgan fingerprint density at radius 2 is 1.95 bits per heavy atom. The van der Waals surface area contributed by atoms with Crippen molar-refractivity contribution in [1.82, 2.24) is 9.88 Å². The molecule has 1 N–H and O–H groups in total. The molecule has 4 nitrogen and oxygen atoms in total. The van der Waals surface area contributed by atoms with Crippen LogP contribution in [0.1, 0.15) is 24.1 Å². The molecule has 1 aromatic heterocycles. The third-order valence-electron chi connectivity index (χ3n) is 3.78. The van der Waals surface area contributed by atoms with E-state index < -0.39 is 6.10 Å². The summed E-state index contributed by atoms with van der Waals surface area (Å²) in [4.78, 5) is 6.14. The van der Waals surface area contributed by atoms with E-state index in [0.717, 1.165) is 11.3 Å². The lowest BCUT2D eigenvalue weighted by Gasteiger charge is -2.27. The maximum Gasteiger partial charge on any atom is 0.119 e. The average Bonchev–Trinajstić information content (AvgIpc) is 2.53. The average molecular weight is 300 g/mol. The Labute approximate surface area is 132 Å². The van der Waals surface area contributed by atoms with Gasteiger partial charge in [-0.25, -0.2) is 0 Å². The van der Waals surface area contributed by atoms with E-state index in [1.165, 1.54) is 5.56 Å². The molecular formula is C18H24N2O2. The Hall–Kier alpha value is -1.91. The summed E-state index contributed by atoms with van der Waals surface area (Å²) in [6.07, 6.45) is 3.04. The molecule has 0 bridgehead atoms. The van der Waals surface area contributed by atoms with Crippen LogP contribution in [0.25, 0.3) is 0 Å². The lowest BCUT2D eigenvalue weighted by molar-refractivity contribution is 0.0653. The molecule has 0 aliphatic rings. The van der Waals surface area contributed by atoms with Crippen LogP contribution in [0.3, 0.4) is 0 Å². The first kappa shape index (κ1) is 16.5. The number of benzene rings is 1. The molecule has 0 aliphatic carbocycles. The molecule has 118 valence electrons. The minimum Gasteiger partial charge on any atom is -0.491 e. The molecule has 0 saturated carbocycles. The topological polar surface area (TPSA) is 45.6 Å². The largest absolute Gasteiger partial charge is 0.491 e. The molecule has 0 aliphatic heterocycles. The Morgan fingerprint density at radius 1 is 1.23 bits per heavy atom. The van der Waals surface area contributed by atoms with Gasteiger partial charge in [-0.05, 0) is 56.3 Å². The fourth-order valence-corrected chi connectivity index (χ4v) is 2.34. The summed E-state index contributed by atoms with van der Waals surface area (Å²) in [5, 5.41) is 10.2. The number of aromatic nitrogens is 1. The maximum atomic E-state index is 10.2. The van der Waals surface area contributed by atoms with Crippen LogP contribution in [0.4, 0.5) is 0 Å². The molecule has 22 heavy (non-hydrogen) atoms. The van der Waals surface area contributed by atoms with Gasteiger partial charge in [0.2, 0.25) is 0 Å². The molecule has 1 aromatic carbocycles. The zero-order valence-corrected chi connectivity index (χ0v) is 13.4. The fraction of sp³-hybridized carbons (Fsp3) is 0.389. The van der Waals surface area contributed by atoms with E-state index >= 15 is 0 Å². The van der Waals surface area contributed by atoms with Crippen LogP contribution in [0.2, 0.25) is 0 Å². The highest BCUT2D eigenvalue weighted by atomic mass is 16.5. The number of hydrogen-bond donors (Lipinski definition) is 1. The predicted molar refractivity (Wildman–Crippen MR) is 88.0 cm³/mol. The van der Waals surface area contributed by atoms with Gasteiger partial charge < -0.3 is 9.84 Å². The zero-order chi connectivity index (χ0) is 15.9. The highest BCUT2D eigenvalue weighted by molar-refractivity contribution is 5.27. The van der Waals surface area contributed by atoms with Crippen molar-refractivity contribution in [2.45, 2.75) is 26.0 Å². The highest BCUT2D eigenvalue weighted by Gasteiger charge is 2.15. The van der Waals surface area contributed by atoms with E-state index in [-0.39, 0.29) is 12.6 Å². The summed E-state index contributed by atoms with van der Waals surface area (Å²) >= 11 is 0. The van der Waals surface area contributed by atoms with Gasteiger partial charge in [0.05, 0.1) is 0 Å². The number of nitrogens with zero attached hydrogens (tertiary/aromatic N) is 2. The number of pyridine rings is 1. The summed E-state index contributed by atoms with van der Waals surface area (Å²) in [5.74, 6) is 0.795. The van der Waals surface area contributed by atoms with E-state index in [4.69, 9.17) is 4.74 Å². The van der Waals surface area contributed by atoms with E-state index in [9.17, 15) is 5.11 Å². The SMILES string of the molecule is Cc1cccc(OCC(O)CN(C)C(C)c2ccncc2)c1. The number of hydrogen-bond acceptors (Lipinski definition) is 4. The number of aryl methyl sites for hydroxylation is 1. The second-order valence-electron chi connectivity index (χ2n) is 5.68. The molecule has 2 rings (SSSR count). The van der Waals surface area contributed by atoms with Crippen LogP contribution in [0.5, 0.6) is 5.75 Å². The third kappa shape index (κ3) is 4.83. The first-order chi connectivity index (χ1) is 10.6. The monoisotopic (exact) mass is 300 g/mol. The third-order valence-corrected chi connectivity index (χ3v) is 3.78. The summed E-state index contributed by atoms with van der Waals surface area (Å²) in [6.45, 7) is 4.98. The smallest absolute Gasteiger partial charge is 0.119 e. The first-order valence-corrected chi connectivity index (χ1v) is 7.54. The minimum atomic E-state index is -0.533. The van der Waals surface area contributed by atoms with Gasteiger partial charge in [-0.3, -0.25) is 9.88 Å². The van der Waals surface area contributed by atoms with Crippen molar-refractivity contribution in [3.8, 4) is 5.75 Å². The molecule has 0 radical (unpaired) electrons. The van der Waals surface area contributed by atoms with Crippen LogP contribution >= 0.6 is 0 Å². The summed E-state index contributed by atoms with van der Waals surface area (Å²) < 4.78 is 5.65. The highest BCUT2D eigenvalue weighted by Crippen LogP contribution is 2.18. The second kappa shape index (κ2) is 7.92. The van der Waals surface area contributed by atoms with Crippen molar-refractivity contribution in [1.29, 1.82) is 0 Å².